The van der Waals surface area contributed by atoms with Gasteiger partial charge in [0.25, 0.3) is 0 Å². The topological polar surface area (TPSA) is 56.9 Å². The molecule has 3 heterocycles. The Bertz CT molecular complexity index is 918. The quantitative estimate of drug-likeness (QED) is 0.288. The summed E-state index contributed by atoms with van der Waals surface area (Å²) < 4.78 is 5.77. The molecule has 2 aliphatic heterocycles. The van der Waals surface area contributed by atoms with Crippen LogP contribution in [-0.4, -0.2) is 60.0 Å². The molecule has 0 bridgehead atoms. The van der Waals surface area contributed by atoms with Crippen LogP contribution < -0.4 is 5.32 Å². The van der Waals surface area contributed by atoms with Crippen LogP contribution in [0.4, 0.5) is 0 Å². The van der Waals surface area contributed by atoms with Crippen molar-refractivity contribution in [3.63, 3.8) is 0 Å². The van der Waals surface area contributed by atoms with Crippen LogP contribution in [0.3, 0.4) is 0 Å². The fourth-order valence-electron chi connectivity index (χ4n) is 4.70. The summed E-state index contributed by atoms with van der Waals surface area (Å²) >= 11 is 0. The Morgan fingerprint density at radius 1 is 1.12 bits per heavy atom. The molecule has 7 heteroatoms. The van der Waals surface area contributed by atoms with Crippen molar-refractivity contribution < 1.29 is 4.42 Å². The lowest BCUT2D eigenvalue weighted by atomic mass is 9.97. The molecule has 2 saturated heterocycles. The van der Waals surface area contributed by atoms with Gasteiger partial charge in [0.1, 0.15) is 5.76 Å². The number of nitrogens with zero attached hydrogens (tertiary/aromatic N) is 4. The zero-order valence-electron chi connectivity index (χ0n) is 20.9. The number of piperidine rings is 2. The van der Waals surface area contributed by atoms with E-state index in [1.807, 2.05) is 13.8 Å². The number of benzene rings is 1. The predicted octanol–water partition coefficient (Wildman–Crippen LogP) is 5.27. The number of likely N-dealkylation sites (tertiary alicyclic amines) is 2. The summed E-state index contributed by atoms with van der Waals surface area (Å²) in [5, 5.41) is 3.53. The molecule has 2 fully saturated rings. The SMILES string of the molecule is CCNC(=NCC1CCN(Cc2nc(C)c(C)o2)CC1)N1CCC(=Cc2ccccc2)CC1.I. The number of nitrogens with one attached hydrogen (secondary N) is 1. The predicted molar refractivity (Wildman–Crippen MR) is 151 cm³/mol. The lowest BCUT2D eigenvalue weighted by Gasteiger charge is -2.33. The van der Waals surface area contributed by atoms with Gasteiger partial charge in [0.15, 0.2) is 5.96 Å². The van der Waals surface area contributed by atoms with E-state index in [9.17, 15) is 0 Å². The average Bonchev–Trinajstić information content (AvgIpc) is 3.15. The van der Waals surface area contributed by atoms with Crippen LogP contribution in [0.15, 0.2) is 45.3 Å². The number of aliphatic imine (C=N–C) groups is 1. The van der Waals surface area contributed by atoms with Crippen LogP contribution in [0.25, 0.3) is 6.08 Å². The van der Waals surface area contributed by atoms with E-state index in [1.54, 1.807) is 0 Å². The normalized spacial score (nSPS) is 18.0. The summed E-state index contributed by atoms with van der Waals surface area (Å²) in [7, 11) is 0. The van der Waals surface area contributed by atoms with Gasteiger partial charge in [0.2, 0.25) is 5.89 Å². The molecule has 0 aliphatic carbocycles. The zero-order valence-corrected chi connectivity index (χ0v) is 23.3. The number of hydrogen-bond donors (Lipinski definition) is 1. The molecular weight excluding hydrogens is 537 g/mol. The molecule has 1 aromatic heterocycles. The molecule has 2 aromatic rings. The van der Waals surface area contributed by atoms with Crippen molar-refractivity contribution in [1.29, 1.82) is 0 Å². The Hall–Kier alpha value is -1.87. The van der Waals surface area contributed by atoms with E-state index in [2.05, 4.69) is 63.4 Å². The van der Waals surface area contributed by atoms with Gasteiger partial charge in [-0.05, 0) is 71.0 Å². The molecule has 186 valence electrons. The van der Waals surface area contributed by atoms with Gasteiger partial charge in [-0.3, -0.25) is 9.89 Å². The Labute approximate surface area is 221 Å². The van der Waals surface area contributed by atoms with Crippen molar-refractivity contribution in [2.45, 2.75) is 53.0 Å². The zero-order chi connectivity index (χ0) is 23.0. The van der Waals surface area contributed by atoms with Crippen molar-refractivity contribution in [3.8, 4) is 0 Å². The number of rotatable bonds is 6. The minimum Gasteiger partial charge on any atom is -0.444 e. The molecule has 0 saturated carbocycles. The molecule has 0 atom stereocenters. The maximum absolute atomic E-state index is 5.77. The second-order valence-corrected chi connectivity index (χ2v) is 9.36. The van der Waals surface area contributed by atoms with Crippen LogP contribution in [0.1, 0.15) is 55.5 Å². The standard InChI is InChI=1S/C27H39N5O.HI/c1-4-28-27(32-16-12-24(13-17-32)18-23-8-6-5-7-9-23)29-19-25-10-14-31(15-11-25)20-26-30-21(2)22(3)33-26;/h5-9,18,25H,4,10-17,19-20H2,1-3H3,(H,28,29);1H. The van der Waals surface area contributed by atoms with Crippen molar-refractivity contribution >= 4 is 36.0 Å². The molecule has 1 aromatic carbocycles. The lowest BCUT2D eigenvalue weighted by Crippen LogP contribution is -2.45. The minimum atomic E-state index is 0. The average molecular weight is 578 g/mol. The summed E-state index contributed by atoms with van der Waals surface area (Å²) in [5.74, 6) is 3.53. The maximum atomic E-state index is 5.77. The Kier molecular flexibility index (Phi) is 10.4. The fourth-order valence-corrected chi connectivity index (χ4v) is 4.70. The highest BCUT2D eigenvalue weighted by atomic mass is 127. The molecular formula is C27H40IN5O. The van der Waals surface area contributed by atoms with Crippen LogP contribution in [0.5, 0.6) is 0 Å². The molecule has 0 amide bonds. The number of hydrogen-bond acceptors (Lipinski definition) is 4. The first-order chi connectivity index (χ1) is 16.1. The summed E-state index contributed by atoms with van der Waals surface area (Å²) in [6.45, 7) is 13.1. The van der Waals surface area contributed by atoms with Crippen molar-refractivity contribution in [2.24, 2.45) is 10.9 Å². The number of guanidine groups is 1. The first-order valence-electron chi connectivity index (χ1n) is 12.5. The molecule has 0 unspecified atom stereocenters. The second-order valence-electron chi connectivity index (χ2n) is 9.36. The summed E-state index contributed by atoms with van der Waals surface area (Å²) in [4.78, 5) is 14.5. The van der Waals surface area contributed by atoms with E-state index < -0.39 is 0 Å². The minimum absolute atomic E-state index is 0. The Morgan fingerprint density at radius 2 is 1.82 bits per heavy atom. The molecule has 0 radical (unpaired) electrons. The van der Waals surface area contributed by atoms with Gasteiger partial charge < -0.3 is 14.6 Å². The molecule has 1 N–H and O–H groups in total. The third-order valence-electron chi connectivity index (χ3n) is 6.85. The van der Waals surface area contributed by atoms with E-state index in [0.29, 0.717) is 5.92 Å². The number of oxazole rings is 1. The number of aryl methyl sites for hydroxylation is 2. The van der Waals surface area contributed by atoms with Gasteiger partial charge in [-0.15, -0.1) is 24.0 Å². The third kappa shape index (κ3) is 7.57. The second kappa shape index (κ2) is 13.3. The monoisotopic (exact) mass is 577 g/mol. The van der Waals surface area contributed by atoms with Gasteiger partial charge in [-0.25, -0.2) is 4.98 Å². The highest BCUT2D eigenvalue weighted by Gasteiger charge is 2.22. The summed E-state index contributed by atoms with van der Waals surface area (Å²) in [5.41, 5.74) is 3.85. The van der Waals surface area contributed by atoms with Crippen LogP contribution in [0, 0.1) is 19.8 Å². The molecule has 6 nitrogen and oxygen atoms in total. The van der Waals surface area contributed by atoms with E-state index in [-0.39, 0.29) is 24.0 Å². The smallest absolute Gasteiger partial charge is 0.208 e. The highest BCUT2D eigenvalue weighted by Crippen LogP contribution is 2.22. The third-order valence-corrected chi connectivity index (χ3v) is 6.85. The highest BCUT2D eigenvalue weighted by molar-refractivity contribution is 14.0. The van der Waals surface area contributed by atoms with Crippen molar-refractivity contribution in [3.05, 3.63) is 58.8 Å². The Balaban J connectivity index is 0.00000324. The van der Waals surface area contributed by atoms with Gasteiger partial charge >= 0.3 is 0 Å². The first kappa shape index (κ1) is 26.7. The molecule has 4 rings (SSSR count). The molecule has 0 spiro atoms. The summed E-state index contributed by atoms with van der Waals surface area (Å²) in [6.07, 6.45) is 6.95. The van der Waals surface area contributed by atoms with E-state index >= 15 is 0 Å². The van der Waals surface area contributed by atoms with E-state index in [4.69, 9.17) is 9.41 Å². The Morgan fingerprint density at radius 3 is 2.44 bits per heavy atom. The van der Waals surface area contributed by atoms with Crippen LogP contribution >= 0.6 is 24.0 Å². The van der Waals surface area contributed by atoms with Gasteiger partial charge in [-0.2, -0.15) is 0 Å². The van der Waals surface area contributed by atoms with Gasteiger partial charge in [-0.1, -0.05) is 42.0 Å². The number of aromatic nitrogens is 1. The molecule has 34 heavy (non-hydrogen) atoms. The molecule has 2 aliphatic rings. The van der Waals surface area contributed by atoms with E-state index in [1.165, 1.54) is 24.0 Å². The lowest BCUT2D eigenvalue weighted by molar-refractivity contribution is 0.166. The first-order valence-corrected chi connectivity index (χ1v) is 12.5. The summed E-state index contributed by atoms with van der Waals surface area (Å²) in [6, 6.07) is 10.7. The van der Waals surface area contributed by atoms with Crippen molar-refractivity contribution in [2.75, 3.05) is 39.3 Å². The van der Waals surface area contributed by atoms with Crippen LogP contribution in [-0.2, 0) is 6.54 Å². The fraction of sp³-hybridized carbons (Fsp3) is 0.556. The number of halogens is 1. The van der Waals surface area contributed by atoms with Gasteiger partial charge in [0, 0.05) is 26.2 Å². The largest absolute Gasteiger partial charge is 0.444 e. The maximum Gasteiger partial charge on any atom is 0.208 e. The van der Waals surface area contributed by atoms with Crippen LogP contribution in [0.2, 0.25) is 0 Å². The van der Waals surface area contributed by atoms with E-state index in [0.717, 1.165) is 82.0 Å². The van der Waals surface area contributed by atoms with Crippen molar-refractivity contribution in [1.82, 2.24) is 20.1 Å². The van der Waals surface area contributed by atoms with Gasteiger partial charge in [0.05, 0.1) is 12.2 Å².